The molecule has 1 unspecified atom stereocenters. The molecule has 0 bridgehead atoms. The first kappa shape index (κ1) is 22.2. The largest absolute Gasteiger partial charge is 0.374 e. The minimum absolute atomic E-state index is 0. The van der Waals surface area contributed by atoms with E-state index in [-0.39, 0.29) is 24.0 Å². The zero-order valence-electron chi connectivity index (χ0n) is 16.1. The van der Waals surface area contributed by atoms with Gasteiger partial charge in [-0.2, -0.15) is 0 Å². The maximum absolute atomic E-state index is 13.0. The number of ketones is 1. The number of carbonyl (C=O) groups excluding carboxylic acids is 1. The second-order valence-corrected chi connectivity index (χ2v) is 8.23. The average molecular weight is 439 g/mol. The Kier molecular flexibility index (Phi) is 7.30. The van der Waals surface area contributed by atoms with Crippen molar-refractivity contribution in [3.05, 3.63) is 70.0 Å². The number of benzene rings is 2. The van der Waals surface area contributed by atoms with Gasteiger partial charge in [0.25, 0.3) is 0 Å². The molecule has 0 saturated carbocycles. The minimum atomic E-state index is -0.564. The first-order valence-corrected chi connectivity index (χ1v) is 10.1. The molecule has 4 rings (SSSR count). The van der Waals surface area contributed by atoms with Gasteiger partial charge in [0.2, 0.25) is 0 Å². The number of Topliss-reactive ketones (excluding diaryl/α,β-unsaturated/α-hetero) is 1. The molecule has 2 heterocycles. The van der Waals surface area contributed by atoms with Gasteiger partial charge in [-0.15, -0.1) is 12.4 Å². The molecule has 4 nitrogen and oxygen atoms in total. The van der Waals surface area contributed by atoms with Gasteiger partial charge < -0.3 is 5.11 Å². The predicted molar refractivity (Wildman–Crippen MR) is 114 cm³/mol. The van der Waals surface area contributed by atoms with Crippen LogP contribution in [0.4, 0.5) is 4.39 Å². The van der Waals surface area contributed by atoms with Gasteiger partial charge in [-0.3, -0.25) is 14.6 Å². The molecule has 156 valence electrons. The van der Waals surface area contributed by atoms with Crippen LogP contribution < -0.4 is 0 Å². The Morgan fingerprint density at radius 3 is 2.52 bits per heavy atom. The molecular formula is C22H25Cl2FN2O2. The summed E-state index contributed by atoms with van der Waals surface area (Å²) in [5, 5.41) is 11.3. The minimum Gasteiger partial charge on any atom is -0.374 e. The fraction of sp³-hybridized carbons (Fsp3) is 0.409. The molecule has 2 aromatic rings. The first-order chi connectivity index (χ1) is 13.5. The van der Waals surface area contributed by atoms with E-state index in [1.54, 1.807) is 12.1 Å². The van der Waals surface area contributed by atoms with E-state index < -0.39 is 6.23 Å². The summed E-state index contributed by atoms with van der Waals surface area (Å²) in [6.07, 6.45) is 1.43. The van der Waals surface area contributed by atoms with Crippen molar-refractivity contribution in [1.82, 2.24) is 9.80 Å². The third kappa shape index (κ3) is 5.16. The molecule has 1 saturated heterocycles. The summed E-state index contributed by atoms with van der Waals surface area (Å²) in [6, 6.07) is 11.4. The lowest BCUT2D eigenvalue weighted by Crippen LogP contribution is -2.40. The third-order valence-electron chi connectivity index (χ3n) is 5.84. The quantitative estimate of drug-likeness (QED) is 0.706. The summed E-state index contributed by atoms with van der Waals surface area (Å²) in [7, 11) is 0. The molecule has 0 spiro atoms. The van der Waals surface area contributed by atoms with E-state index in [1.807, 2.05) is 18.2 Å². The second kappa shape index (κ2) is 9.54. The summed E-state index contributed by atoms with van der Waals surface area (Å²) in [5.41, 5.74) is 2.61. The highest BCUT2D eigenvalue weighted by Crippen LogP contribution is 2.34. The standard InChI is InChI=1S/C22H24ClFN2O2.ClH/c23-18-3-6-20-17(11-18)13-26(22(20)28)12-15-7-9-25(10-8-15)14-21(27)16-1-4-19(24)5-2-16;/h1-6,11,15,22,28H,7-10,12-14H2;1H. The fourth-order valence-corrected chi connectivity index (χ4v) is 4.41. The van der Waals surface area contributed by atoms with Crippen LogP contribution in [0.5, 0.6) is 0 Å². The van der Waals surface area contributed by atoms with Crippen LogP contribution in [0, 0.1) is 11.7 Å². The van der Waals surface area contributed by atoms with E-state index >= 15 is 0 Å². The highest BCUT2D eigenvalue weighted by Gasteiger charge is 2.31. The van der Waals surface area contributed by atoms with Crippen molar-refractivity contribution >= 4 is 29.8 Å². The van der Waals surface area contributed by atoms with Crippen LogP contribution in [0.25, 0.3) is 0 Å². The van der Waals surface area contributed by atoms with Crippen LogP contribution in [0.3, 0.4) is 0 Å². The third-order valence-corrected chi connectivity index (χ3v) is 6.07. The normalized spacial score (nSPS) is 20.3. The van der Waals surface area contributed by atoms with Crippen LogP contribution in [-0.4, -0.2) is 46.9 Å². The van der Waals surface area contributed by atoms with Crippen LogP contribution in [0.2, 0.25) is 5.02 Å². The van der Waals surface area contributed by atoms with Crippen LogP contribution >= 0.6 is 24.0 Å². The van der Waals surface area contributed by atoms with Gasteiger partial charge in [0, 0.05) is 23.7 Å². The lowest BCUT2D eigenvalue weighted by Gasteiger charge is -2.34. The van der Waals surface area contributed by atoms with E-state index in [1.165, 1.54) is 12.1 Å². The summed E-state index contributed by atoms with van der Waals surface area (Å²) in [6.45, 7) is 3.66. The number of hydrogen-bond acceptors (Lipinski definition) is 4. The van der Waals surface area contributed by atoms with Gasteiger partial charge in [0.15, 0.2) is 5.78 Å². The van der Waals surface area contributed by atoms with Gasteiger partial charge in [-0.1, -0.05) is 17.7 Å². The van der Waals surface area contributed by atoms with Crippen LogP contribution in [-0.2, 0) is 6.54 Å². The first-order valence-electron chi connectivity index (χ1n) is 9.71. The van der Waals surface area contributed by atoms with Crippen LogP contribution in [0.15, 0.2) is 42.5 Å². The number of hydrogen-bond donors (Lipinski definition) is 1. The molecule has 2 aliphatic rings. The number of aliphatic hydroxyl groups excluding tert-OH is 1. The smallest absolute Gasteiger partial charge is 0.176 e. The Hall–Kier alpha value is -1.50. The Bertz CT molecular complexity index is 854. The van der Waals surface area contributed by atoms with E-state index in [0.717, 1.165) is 50.1 Å². The molecule has 0 radical (unpaired) electrons. The Morgan fingerprint density at radius 1 is 1.14 bits per heavy atom. The summed E-state index contributed by atoms with van der Waals surface area (Å²) in [4.78, 5) is 16.6. The fourth-order valence-electron chi connectivity index (χ4n) is 4.22. The molecule has 2 aliphatic heterocycles. The Morgan fingerprint density at radius 2 is 1.83 bits per heavy atom. The Balaban J connectivity index is 0.00000240. The molecular weight excluding hydrogens is 414 g/mol. The number of rotatable bonds is 5. The molecule has 1 fully saturated rings. The molecule has 0 aliphatic carbocycles. The lowest BCUT2D eigenvalue weighted by molar-refractivity contribution is -0.00352. The maximum Gasteiger partial charge on any atom is 0.176 e. The lowest BCUT2D eigenvalue weighted by atomic mass is 9.95. The number of nitrogens with zero attached hydrogens (tertiary/aromatic N) is 2. The maximum atomic E-state index is 13.0. The van der Waals surface area contributed by atoms with Crippen molar-refractivity contribution in [2.24, 2.45) is 5.92 Å². The van der Waals surface area contributed by atoms with E-state index in [2.05, 4.69) is 9.80 Å². The number of piperidine rings is 1. The molecule has 29 heavy (non-hydrogen) atoms. The molecule has 1 N–H and O–H groups in total. The highest BCUT2D eigenvalue weighted by atomic mass is 35.5. The highest BCUT2D eigenvalue weighted by molar-refractivity contribution is 6.30. The van der Waals surface area contributed by atoms with Crippen molar-refractivity contribution in [1.29, 1.82) is 0 Å². The van der Waals surface area contributed by atoms with Crippen molar-refractivity contribution in [3.8, 4) is 0 Å². The van der Waals surface area contributed by atoms with Crippen molar-refractivity contribution in [3.63, 3.8) is 0 Å². The zero-order chi connectivity index (χ0) is 19.7. The van der Waals surface area contributed by atoms with E-state index in [4.69, 9.17) is 11.6 Å². The molecule has 0 aromatic heterocycles. The molecule has 2 aromatic carbocycles. The topological polar surface area (TPSA) is 43.8 Å². The van der Waals surface area contributed by atoms with E-state index in [9.17, 15) is 14.3 Å². The molecule has 1 atom stereocenters. The second-order valence-electron chi connectivity index (χ2n) is 7.80. The number of aliphatic hydroxyl groups is 1. The van der Waals surface area contributed by atoms with Crippen molar-refractivity contribution in [2.75, 3.05) is 26.2 Å². The zero-order valence-corrected chi connectivity index (χ0v) is 17.6. The van der Waals surface area contributed by atoms with E-state index in [0.29, 0.717) is 23.0 Å². The number of likely N-dealkylation sites (tertiary alicyclic amines) is 1. The van der Waals surface area contributed by atoms with Crippen molar-refractivity contribution in [2.45, 2.75) is 25.6 Å². The average Bonchev–Trinajstić information content (AvgIpc) is 2.98. The van der Waals surface area contributed by atoms with Gasteiger partial charge in [-0.05, 0) is 79.4 Å². The SMILES string of the molecule is Cl.O=C(CN1CCC(CN2Cc3cc(Cl)ccc3C2O)CC1)c1ccc(F)cc1. The summed E-state index contributed by atoms with van der Waals surface area (Å²) < 4.78 is 13.0. The number of carbonyl (C=O) groups is 1. The van der Waals surface area contributed by atoms with Gasteiger partial charge in [0.05, 0.1) is 6.54 Å². The van der Waals surface area contributed by atoms with Crippen molar-refractivity contribution < 1.29 is 14.3 Å². The summed E-state index contributed by atoms with van der Waals surface area (Å²) in [5.74, 6) is 0.197. The van der Waals surface area contributed by atoms with Gasteiger partial charge >= 0.3 is 0 Å². The van der Waals surface area contributed by atoms with Gasteiger partial charge in [0.1, 0.15) is 12.0 Å². The molecule has 0 amide bonds. The predicted octanol–water partition coefficient (Wildman–Crippen LogP) is 4.30. The summed E-state index contributed by atoms with van der Waals surface area (Å²) >= 11 is 6.07. The number of halogens is 3. The monoisotopic (exact) mass is 438 g/mol. The van der Waals surface area contributed by atoms with Gasteiger partial charge in [-0.25, -0.2) is 4.39 Å². The Labute approximate surface area is 181 Å². The molecule has 7 heteroatoms. The van der Waals surface area contributed by atoms with Crippen LogP contribution in [0.1, 0.15) is 40.6 Å². The number of fused-ring (bicyclic) bond motifs is 1.